The van der Waals surface area contributed by atoms with Crippen LogP contribution in [0.5, 0.6) is 11.5 Å². The number of benzene rings is 1. The Morgan fingerprint density at radius 1 is 0.667 bits per heavy atom. The van der Waals surface area contributed by atoms with E-state index in [9.17, 15) is 0 Å². The summed E-state index contributed by atoms with van der Waals surface area (Å²) < 4.78 is 11.7. The fourth-order valence-electron chi connectivity index (χ4n) is 3.83. The Kier molecular flexibility index (Phi) is 14.3. The molecule has 0 amide bonds. The SMILES string of the molecule is CCCCCCCCCCCOc1ccc(-c2ncc(OCCCCC(C)CC)cn2)cc1. The van der Waals surface area contributed by atoms with Crippen LogP contribution in [0.25, 0.3) is 11.4 Å². The fraction of sp³-hybridized carbons (Fsp3) is 0.655. The maximum absolute atomic E-state index is 5.90. The highest BCUT2D eigenvalue weighted by Crippen LogP contribution is 2.21. The minimum absolute atomic E-state index is 0.713. The van der Waals surface area contributed by atoms with Gasteiger partial charge >= 0.3 is 0 Å². The molecule has 1 atom stereocenters. The Bertz CT molecular complexity index is 715. The van der Waals surface area contributed by atoms with Crippen LogP contribution in [0, 0.1) is 5.92 Å². The number of unbranched alkanes of at least 4 members (excludes halogenated alkanes) is 9. The van der Waals surface area contributed by atoms with Gasteiger partial charge in [-0.2, -0.15) is 0 Å². The number of ether oxygens (including phenoxy) is 2. The molecule has 0 saturated heterocycles. The highest BCUT2D eigenvalue weighted by Gasteiger charge is 2.04. The first-order valence-corrected chi connectivity index (χ1v) is 13.4. The second-order valence-electron chi connectivity index (χ2n) is 9.30. The molecule has 1 heterocycles. The van der Waals surface area contributed by atoms with Crippen LogP contribution in [-0.4, -0.2) is 23.2 Å². The van der Waals surface area contributed by atoms with E-state index in [1.165, 1.54) is 70.6 Å². The molecule has 1 aromatic carbocycles. The number of rotatable bonds is 19. The van der Waals surface area contributed by atoms with Crippen molar-refractivity contribution < 1.29 is 9.47 Å². The summed E-state index contributed by atoms with van der Waals surface area (Å²) in [6.45, 7) is 8.34. The summed E-state index contributed by atoms with van der Waals surface area (Å²) in [7, 11) is 0. The molecule has 2 aromatic rings. The van der Waals surface area contributed by atoms with Crippen molar-refractivity contribution in [3.05, 3.63) is 36.7 Å². The predicted molar refractivity (Wildman–Crippen MR) is 139 cm³/mol. The van der Waals surface area contributed by atoms with Gasteiger partial charge in [-0.05, 0) is 49.4 Å². The topological polar surface area (TPSA) is 44.2 Å². The van der Waals surface area contributed by atoms with E-state index in [0.717, 1.165) is 49.0 Å². The van der Waals surface area contributed by atoms with E-state index < -0.39 is 0 Å². The van der Waals surface area contributed by atoms with E-state index in [0.29, 0.717) is 5.82 Å². The Morgan fingerprint density at radius 2 is 1.21 bits per heavy atom. The highest BCUT2D eigenvalue weighted by molar-refractivity contribution is 5.56. The van der Waals surface area contributed by atoms with Crippen molar-refractivity contribution in [3.63, 3.8) is 0 Å². The van der Waals surface area contributed by atoms with Crippen LogP contribution in [0.15, 0.2) is 36.7 Å². The van der Waals surface area contributed by atoms with Gasteiger partial charge in [0, 0.05) is 5.56 Å². The van der Waals surface area contributed by atoms with Crippen molar-refractivity contribution in [1.29, 1.82) is 0 Å². The van der Waals surface area contributed by atoms with Crippen LogP contribution < -0.4 is 9.47 Å². The lowest BCUT2D eigenvalue weighted by atomic mass is 10.0. The first kappa shape index (κ1) is 27.1. The maximum Gasteiger partial charge on any atom is 0.159 e. The molecule has 4 nitrogen and oxygen atoms in total. The third kappa shape index (κ3) is 12.1. The molecule has 0 aliphatic carbocycles. The zero-order valence-electron chi connectivity index (χ0n) is 21.4. The fourth-order valence-corrected chi connectivity index (χ4v) is 3.83. The van der Waals surface area contributed by atoms with Gasteiger partial charge in [-0.25, -0.2) is 9.97 Å². The predicted octanol–water partition coefficient (Wildman–Crippen LogP) is 8.65. The van der Waals surface area contributed by atoms with Crippen LogP contribution in [0.3, 0.4) is 0 Å². The van der Waals surface area contributed by atoms with Crippen molar-refractivity contribution in [2.75, 3.05) is 13.2 Å². The van der Waals surface area contributed by atoms with E-state index in [-0.39, 0.29) is 0 Å². The van der Waals surface area contributed by atoms with Gasteiger partial charge in [-0.1, -0.05) is 85.0 Å². The summed E-state index contributed by atoms with van der Waals surface area (Å²) in [6.07, 6.45) is 20.3. The van der Waals surface area contributed by atoms with Gasteiger partial charge in [0.2, 0.25) is 0 Å². The second-order valence-corrected chi connectivity index (χ2v) is 9.30. The standard InChI is InChI=1S/C29H46N2O2/c1-4-6-7-8-9-10-11-12-14-21-32-27-19-17-26(18-20-27)29-30-23-28(24-31-29)33-22-15-13-16-25(3)5-2/h17-20,23-25H,4-16,21-22H2,1-3H3. The number of nitrogens with zero attached hydrogens (tertiary/aromatic N) is 2. The molecule has 33 heavy (non-hydrogen) atoms. The highest BCUT2D eigenvalue weighted by atomic mass is 16.5. The Hall–Kier alpha value is -2.10. The molecule has 184 valence electrons. The minimum atomic E-state index is 0.713. The van der Waals surface area contributed by atoms with Gasteiger partial charge in [-0.15, -0.1) is 0 Å². The minimum Gasteiger partial charge on any atom is -0.494 e. The molecular weight excluding hydrogens is 408 g/mol. The number of hydrogen-bond acceptors (Lipinski definition) is 4. The number of aromatic nitrogens is 2. The van der Waals surface area contributed by atoms with E-state index >= 15 is 0 Å². The first-order valence-electron chi connectivity index (χ1n) is 13.4. The van der Waals surface area contributed by atoms with Crippen LogP contribution in [0.2, 0.25) is 0 Å². The molecule has 0 fully saturated rings. The molecule has 0 radical (unpaired) electrons. The smallest absolute Gasteiger partial charge is 0.159 e. The van der Waals surface area contributed by atoms with E-state index in [1.54, 1.807) is 12.4 Å². The van der Waals surface area contributed by atoms with Gasteiger partial charge in [0.15, 0.2) is 11.6 Å². The third-order valence-electron chi connectivity index (χ3n) is 6.31. The summed E-state index contributed by atoms with van der Waals surface area (Å²) >= 11 is 0. The van der Waals surface area contributed by atoms with Crippen molar-refractivity contribution in [2.45, 2.75) is 104 Å². The normalized spacial score (nSPS) is 12.0. The zero-order chi connectivity index (χ0) is 23.6. The quantitative estimate of drug-likeness (QED) is 0.199. The summed E-state index contributed by atoms with van der Waals surface area (Å²) in [5, 5.41) is 0. The van der Waals surface area contributed by atoms with E-state index in [2.05, 4.69) is 30.7 Å². The third-order valence-corrected chi connectivity index (χ3v) is 6.31. The van der Waals surface area contributed by atoms with E-state index in [4.69, 9.17) is 9.47 Å². The van der Waals surface area contributed by atoms with Crippen LogP contribution in [-0.2, 0) is 0 Å². The van der Waals surface area contributed by atoms with Gasteiger partial charge in [0.1, 0.15) is 5.75 Å². The van der Waals surface area contributed by atoms with Gasteiger partial charge in [0.25, 0.3) is 0 Å². The molecule has 1 aromatic heterocycles. The molecule has 0 N–H and O–H groups in total. The van der Waals surface area contributed by atoms with Gasteiger partial charge < -0.3 is 9.47 Å². The molecule has 0 aliphatic rings. The number of hydrogen-bond donors (Lipinski definition) is 0. The van der Waals surface area contributed by atoms with Crippen molar-refractivity contribution >= 4 is 0 Å². The molecule has 0 saturated carbocycles. The van der Waals surface area contributed by atoms with E-state index in [1.807, 2.05) is 24.3 Å². The molecule has 2 rings (SSSR count). The summed E-state index contributed by atoms with van der Waals surface area (Å²) in [5.74, 6) is 3.17. The van der Waals surface area contributed by atoms with Crippen molar-refractivity contribution in [1.82, 2.24) is 9.97 Å². The van der Waals surface area contributed by atoms with Crippen LogP contribution >= 0.6 is 0 Å². The lowest BCUT2D eigenvalue weighted by molar-refractivity contribution is 0.297. The first-order chi connectivity index (χ1) is 16.2. The molecule has 0 aliphatic heterocycles. The Labute approximate surface area is 202 Å². The van der Waals surface area contributed by atoms with Gasteiger partial charge in [0.05, 0.1) is 25.6 Å². The average molecular weight is 455 g/mol. The monoisotopic (exact) mass is 454 g/mol. The second kappa shape index (κ2) is 17.4. The Balaban J connectivity index is 1.60. The summed E-state index contributed by atoms with van der Waals surface area (Å²) in [5.41, 5.74) is 0.991. The van der Waals surface area contributed by atoms with Crippen molar-refractivity contribution in [2.24, 2.45) is 5.92 Å². The maximum atomic E-state index is 5.90. The molecule has 0 bridgehead atoms. The molecule has 0 spiro atoms. The van der Waals surface area contributed by atoms with Crippen LogP contribution in [0.4, 0.5) is 0 Å². The summed E-state index contributed by atoms with van der Waals surface area (Å²) in [6, 6.07) is 8.06. The molecular formula is C29H46N2O2. The van der Waals surface area contributed by atoms with Crippen LogP contribution in [0.1, 0.15) is 104 Å². The molecule has 1 unspecified atom stereocenters. The van der Waals surface area contributed by atoms with Gasteiger partial charge in [-0.3, -0.25) is 0 Å². The largest absolute Gasteiger partial charge is 0.494 e. The van der Waals surface area contributed by atoms with Crippen molar-refractivity contribution in [3.8, 4) is 22.9 Å². The lowest BCUT2D eigenvalue weighted by Crippen LogP contribution is -2.00. The Morgan fingerprint density at radius 3 is 1.82 bits per heavy atom. The average Bonchev–Trinajstić information content (AvgIpc) is 2.85. The zero-order valence-corrected chi connectivity index (χ0v) is 21.4. The molecule has 4 heteroatoms. The summed E-state index contributed by atoms with van der Waals surface area (Å²) in [4.78, 5) is 8.94. The lowest BCUT2D eigenvalue weighted by Gasteiger charge is -2.09.